The maximum absolute atomic E-state index is 12.1. The van der Waals surface area contributed by atoms with Gasteiger partial charge in [-0.15, -0.1) is 0 Å². The number of ether oxygens (including phenoxy) is 1. The fourth-order valence-electron chi connectivity index (χ4n) is 2.10. The molecule has 0 saturated heterocycles. The Morgan fingerprint density at radius 1 is 1.30 bits per heavy atom. The van der Waals surface area contributed by atoms with Gasteiger partial charge in [0.15, 0.2) is 9.84 Å². The van der Waals surface area contributed by atoms with E-state index in [9.17, 15) is 8.42 Å². The summed E-state index contributed by atoms with van der Waals surface area (Å²) in [5.74, 6) is 0.0874. The van der Waals surface area contributed by atoms with E-state index in [0.29, 0.717) is 29.8 Å². The number of nitrogens with two attached hydrogens (primary N) is 1. The predicted molar refractivity (Wildman–Crippen MR) is 80.1 cm³/mol. The lowest BCUT2D eigenvalue weighted by atomic mass is 10.1. The van der Waals surface area contributed by atoms with Crippen LogP contribution in [0.5, 0.6) is 0 Å². The highest BCUT2D eigenvalue weighted by Gasteiger charge is 2.15. The van der Waals surface area contributed by atoms with Gasteiger partial charge in [-0.3, -0.25) is 4.98 Å². The van der Waals surface area contributed by atoms with Gasteiger partial charge in [0.05, 0.1) is 17.0 Å². The summed E-state index contributed by atoms with van der Waals surface area (Å²) in [6, 6.07) is 7.09. The van der Waals surface area contributed by atoms with Crippen molar-refractivity contribution in [3.63, 3.8) is 0 Å². The molecule has 1 aromatic carbocycles. The van der Waals surface area contributed by atoms with Gasteiger partial charge < -0.3 is 10.5 Å². The molecule has 1 aromatic heterocycles. The minimum absolute atomic E-state index is 0.0233. The molecule has 0 bridgehead atoms. The Morgan fingerprint density at radius 2 is 2.10 bits per heavy atom. The number of hydrogen-bond acceptors (Lipinski definition) is 5. The van der Waals surface area contributed by atoms with Gasteiger partial charge in [0, 0.05) is 31.0 Å². The molecule has 20 heavy (non-hydrogen) atoms. The third-order valence-corrected chi connectivity index (χ3v) is 4.73. The molecule has 108 valence electrons. The number of aromatic nitrogens is 1. The summed E-state index contributed by atoms with van der Waals surface area (Å²) in [5.41, 5.74) is 7.83. The van der Waals surface area contributed by atoms with Crippen LogP contribution in [0, 0.1) is 0 Å². The van der Waals surface area contributed by atoms with Gasteiger partial charge in [-0.25, -0.2) is 8.42 Å². The lowest BCUT2D eigenvalue weighted by Crippen LogP contribution is -2.11. The molecule has 2 N–H and O–H groups in total. The molecule has 0 amide bonds. The smallest absolute Gasteiger partial charge is 0.154 e. The summed E-state index contributed by atoms with van der Waals surface area (Å²) >= 11 is 0. The van der Waals surface area contributed by atoms with Crippen LogP contribution >= 0.6 is 0 Å². The highest BCUT2D eigenvalue weighted by molar-refractivity contribution is 7.90. The first kappa shape index (κ1) is 14.7. The van der Waals surface area contributed by atoms with E-state index >= 15 is 0 Å². The van der Waals surface area contributed by atoms with E-state index in [-0.39, 0.29) is 11.5 Å². The van der Waals surface area contributed by atoms with Crippen LogP contribution in [-0.4, -0.2) is 32.9 Å². The highest BCUT2D eigenvalue weighted by Crippen LogP contribution is 2.24. The molecule has 0 aliphatic carbocycles. The van der Waals surface area contributed by atoms with Crippen LogP contribution in [0.4, 0.5) is 5.69 Å². The number of fused-ring (bicyclic) bond motifs is 1. The molecule has 0 fully saturated rings. The minimum atomic E-state index is -3.17. The van der Waals surface area contributed by atoms with Crippen LogP contribution in [0.25, 0.3) is 10.9 Å². The van der Waals surface area contributed by atoms with Crippen molar-refractivity contribution in [2.75, 3.05) is 25.2 Å². The second-order valence-electron chi connectivity index (χ2n) is 4.65. The van der Waals surface area contributed by atoms with Crippen LogP contribution in [0.1, 0.15) is 12.0 Å². The second-order valence-corrected chi connectivity index (χ2v) is 6.84. The third kappa shape index (κ3) is 3.46. The Hall–Kier alpha value is -1.66. The van der Waals surface area contributed by atoms with Gasteiger partial charge in [-0.05, 0) is 30.2 Å². The van der Waals surface area contributed by atoms with Gasteiger partial charge >= 0.3 is 0 Å². The summed E-state index contributed by atoms with van der Waals surface area (Å²) in [4.78, 5) is 4.25. The fourth-order valence-corrected chi connectivity index (χ4v) is 3.51. The highest BCUT2D eigenvalue weighted by atomic mass is 32.2. The Morgan fingerprint density at radius 3 is 2.85 bits per heavy atom. The van der Waals surface area contributed by atoms with E-state index < -0.39 is 9.84 Å². The van der Waals surface area contributed by atoms with Crippen molar-refractivity contribution in [2.24, 2.45) is 0 Å². The molecule has 6 heteroatoms. The molecular weight excluding hydrogens is 276 g/mol. The quantitative estimate of drug-likeness (QED) is 0.648. The molecule has 2 aromatic rings. The maximum Gasteiger partial charge on any atom is 0.154 e. The number of methoxy groups -OCH3 is 1. The van der Waals surface area contributed by atoms with Crippen molar-refractivity contribution >= 4 is 26.4 Å². The zero-order valence-electron chi connectivity index (χ0n) is 11.4. The van der Waals surface area contributed by atoms with Crippen molar-refractivity contribution in [3.05, 3.63) is 36.0 Å². The van der Waals surface area contributed by atoms with Crippen LogP contribution in [-0.2, 0) is 20.3 Å². The standard InChI is InChI=1S/C14H18N2O3S/c1-19-8-3-9-20(17,18)10-11-5-6-13(15)12-4-2-7-16-14(11)12/h2,4-7H,3,8-10,15H2,1H3. The third-order valence-electron chi connectivity index (χ3n) is 3.07. The zero-order chi connectivity index (χ0) is 14.6. The van der Waals surface area contributed by atoms with Crippen molar-refractivity contribution in [1.82, 2.24) is 4.98 Å². The maximum atomic E-state index is 12.1. The number of pyridine rings is 1. The Bertz CT molecular complexity index is 699. The summed E-state index contributed by atoms with van der Waals surface area (Å²) in [5, 5.41) is 0.789. The molecule has 0 saturated carbocycles. The predicted octanol–water partition coefficient (Wildman–Crippen LogP) is 1.77. The molecule has 5 nitrogen and oxygen atoms in total. The lowest BCUT2D eigenvalue weighted by molar-refractivity contribution is 0.199. The summed E-state index contributed by atoms with van der Waals surface area (Å²) < 4.78 is 29.1. The van der Waals surface area contributed by atoms with Crippen molar-refractivity contribution in [1.29, 1.82) is 0 Å². The van der Waals surface area contributed by atoms with E-state index in [1.807, 2.05) is 6.07 Å². The first-order valence-electron chi connectivity index (χ1n) is 6.35. The van der Waals surface area contributed by atoms with Gasteiger partial charge in [0.1, 0.15) is 0 Å². The number of nitrogens with zero attached hydrogens (tertiary/aromatic N) is 1. The summed E-state index contributed by atoms with van der Waals surface area (Å²) in [6.07, 6.45) is 2.14. The Balaban J connectivity index is 2.28. The summed E-state index contributed by atoms with van der Waals surface area (Å²) in [7, 11) is -1.61. The van der Waals surface area contributed by atoms with E-state index in [1.165, 1.54) is 0 Å². The van der Waals surface area contributed by atoms with Gasteiger partial charge in [0.25, 0.3) is 0 Å². The molecule has 0 aliphatic rings. The van der Waals surface area contributed by atoms with Crippen LogP contribution < -0.4 is 5.73 Å². The fraction of sp³-hybridized carbons (Fsp3) is 0.357. The number of anilines is 1. The van der Waals surface area contributed by atoms with E-state index in [1.54, 1.807) is 31.5 Å². The molecule has 0 radical (unpaired) electrons. The number of hydrogen-bond donors (Lipinski definition) is 1. The van der Waals surface area contributed by atoms with Crippen molar-refractivity contribution in [2.45, 2.75) is 12.2 Å². The largest absolute Gasteiger partial charge is 0.398 e. The van der Waals surface area contributed by atoms with Crippen molar-refractivity contribution in [3.8, 4) is 0 Å². The van der Waals surface area contributed by atoms with Crippen LogP contribution in [0.15, 0.2) is 30.5 Å². The van der Waals surface area contributed by atoms with E-state index in [0.717, 1.165) is 5.39 Å². The molecular formula is C14H18N2O3S. The first-order valence-corrected chi connectivity index (χ1v) is 8.17. The van der Waals surface area contributed by atoms with Gasteiger partial charge in [0.2, 0.25) is 0 Å². The zero-order valence-corrected chi connectivity index (χ0v) is 12.2. The Labute approximate surface area is 118 Å². The normalized spacial score (nSPS) is 11.8. The Kier molecular flexibility index (Phi) is 4.57. The number of sulfone groups is 1. The van der Waals surface area contributed by atoms with Crippen LogP contribution in [0.3, 0.4) is 0 Å². The van der Waals surface area contributed by atoms with Crippen LogP contribution in [0.2, 0.25) is 0 Å². The molecule has 2 rings (SSSR count). The van der Waals surface area contributed by atoms with Crippen molar-refractivity contribution < 1.29 is 13.2 Å². The molecule has 0 aliphatic heterocycles. The monoisotopic (exact) mass is 294 g/mol. The van der Waals surface area contributed by atoms with E-state index in [2.05, 4.69) is 4.98 Å². The molecule has 0 unspecified atom stereocenters. The number of rotatable bonds is 6. The first-order chi connectivity index (χ1) is 9.53. The van der Waals surface area contributed by atoms with Gasteiger partial charge in [-0.2, -0.15) is 0 Å². The second kappa shape index (κ2) is 6.19. The lowest BCUT2D eigenvalue weighted by Gasteiger charge is -2.08. The molecule has 1 heterocycles. The molecule has 0 atom stereocenters. The van der Waals surface area contributed by atoms with Gasteiger partial charge in [-0.1, -0.05) is 6.07 Å². The SMILES string of the molecule is COCCCS(=O)(=O)Cc1ccc(N)c2cccnc12. The molecule has 0 spiro atoms. The van der Waals surface area contributed by atoms with E-state index in [4.69, 9.17) is 10.5 Å². The number of nitrogen functional groups attached to an aromatic ring is 1. The average molecular weight is 294 g/mol. The minimum Gasteiger partial charge on any atom is -0.398 e. The number of benzene rings is 1. The summed E-state index contributed by atoms with van der Waals surface area (Å²) in [6.45, 7) is 0.444. The average Bonchev–Trinajstić information content (AvgIpc) is 2.42. The topological polar surface area (TPSA) is 82.3 Å².